The molecule has 11 rings (SSSR count). The average molecular weight is 740 g/mol. The second kappa shape index (κ2) is 12.9. The molecule has 7 aromatic rings. The Kier molecular flexibility index (Phi) is 7.70. The molecule has 0 radical (unpaired) electrons. The summed E-state index contributed by atoms with van der Waals surface area (Å²) in [7, 11) is 0. The predicted molar refractivity (Wildman–Crippen MR) is 234 cm³/mol. The number of hydrogen-bond donors (Lipinski definition) is 0. The van der Waals surface area contributed by atoms with Crippen LogP contribution in [0.4, 0.5) is 0 Å². The third-order valence-corrected chi connectivity index (χ3v) is 13.2. The van der Waals surface area contributed by atoms with E-state index in [1.54, 1.807) is 0 Å². The third kappa shape index (κ3) is 5.19. The van der Waals surface area contributed by atoms with Gasteiger partial charge >= 0.3 is 0 Å². The number of benzene rings is 5. The molecule has 0 saturated carbocycles. The molecule has 3 unspecified atom stereocenters. The van der Waals surface area contributed by atoms with Gasteiger partial charge in [-0.3, -0.25) is 4.57 Å². The average Bonchev–Trinajstić information content (AvgIpc) is 3.85. The molecule has 0 fully saturated rings. The molecule has 4 heteroatoms. The molecule has 0 bridgehead atoms. The lowest BCUT2D eigenvalue weighted by Crippen LogP contribution is -2.27. The van der Waals surface area contributed by atoms with E-state index >= 15 is 0 Å². The molecule has 3 atom stereocenters. The van der Waals surface area contributed by atoms with E-state index in [-0.39, 0.29) is 23.2 Å². The van der Waals surface area contributed by atoms with E-state index in [9.17, 15) is 0 Å². The first-order valence-electron chi connectivity index (χ1n) is 20.5. The highest BCUT2D eigenvalue weighted by molar-refractivity contribution is 5.96. The van der Waals surface area contributed by atoms with Crippen molar-refractivity contribution in [2.75, 3.05) is 6.61 Å². The quantitative estimate of drug-likeness (QED) is 0.180. The van der Waals surface area contributed by atoms with Crippen LogP contribution in [0.15, 0.2) is 151 Å². The van der Waals surface area contributed by atoms with Crippen molar-refractivity contribution in [1.29, 1.82) is 0 Å². The summed E-state index contributed by atoms with van der Waals surface area (Å²) in [4.78, 5) is 10.4. The zero-order valence-electron chi connectivity index (χ0n) is 33.0. The highest BCUT2D eigenvalue weighted by Crippen LogP contribution is 2.56. The monoisotopic (exact) mass is 739 g/mol. The largest absolute Gasteiger partial charge is 0.493 e. The van der Waals surface area contributed by atoms with E-state index in [0.717, 1.165) is 53.7 Å². The molecule has 1 aliphatic heterocycles. The fraction of sp³-hybridized carbons (Fsp3) is 0.208. The van der Waals surface area contributed by atoms with Gasteiger partial charge in [0.15, 0.2) is 5.82 Å². The summed E-state index contributed by atoms with van der Waals surface area (Å²) in [5.41, 5.74) is 17.9. The second-order valence-electron chi connectivity index (χ2n) is 16.9. The topological polar surface area (TPSA) is 39.9 Å². The first-order chi connectivity index (χ1) is 27.9. The van der Waals surface area contributed by atoms with Crippen LogP contribution in [0.3, 0.4) is 0 Å². The number of hydrogen-bond acceptors (Lipinski definition) is 3. The predicted octanol–water partition coefficient (Wildman–Crippen LogP) is 12.8. The summed E-state index contributed by atoms with van der Waals surface area (Å²) in [6, 6.07) is 45.5. The minimum atomic E-state index is -0.156. The van der Waals surface area contributed by atoms with Gasteiger partial charge in [-0.2, -0.15) is 0 Å². The molecule has 4 nitrogen and oxygen atoms in total. The molecule has 0 amide bonds. The molecule has 57 heavy (non-hydrogen) atoms. The Morgan fingerprint density at radius 2 is 1.49 bits per heavy atom. The maximum absolute atomic E-state index is 6.24. The lowest BCUT2D eigenvalue weighted by atomic mass is 9.66. The summed E-state index contributed by atoms with van der Waals surface area (Å²) in [5.74, 6) is 3.49. The summed E-state index contributed by atoms with van der Waals surface area (Å²) >= 11 is 0. The molecule has 4 aliphatic rings. The van der Waals surface area contributed by atoms with Crippen LogP contribution in [0.1, 0.15) is 68.0 Å². The summed E-state index contributed by atoms with van der Waals surface area (Å²) in [5, 5.41) is 1.26. The van der Waals surface area contributed by atoms with E-state index in [1.165, 1.54) is 66.7 Å². The van der Waals surface area contributed by atoms with E-state index in [2.05, 4.69) is 172 Å². The molecule has 3 heterocycles. The van der Waals surface area contributed by atoms with Crippen molar-refractivity contribution in [3.05, 3.63) is 179 Å². The van der Waals surface area contributed by atoms with Gasteiger partial charge in [-0.25, -0.2) is 9.97 Å². The van der Waals surface area contributed by atoms with E-state index in [1.807, 2.05) is 6.07 Å². The van der Waals surface area contributed by atoms with Crippen molar-refractivity contribution in [3.63, 3.8) is 0 Å². The Labute approximate surface area is 334 Å². The van der Waals surface area contributed by atoms with Crippen molar-refractivity contribution >= 4 is 22.6 Å². The first kappa shape index (κ1) is 34.0. The number of nitrogens with zero attached hydrogens (tertiary/aromatic N) is 3. The molecule has 3 aliphatic carbocycles. The van der Waals surface area contributed by atoms with Crippen LogP contribution in [0, 0.1) is 11.8 Å². The van der Waals surface area contributed by atoms with Crippen molar-refractivity contribution < 1.29 is 4.74 Å². The number of para-hydroxylation sites is 1. The summed E-state index contributed by atoms with van der Waals surface area (Å²) in [6.45, 7) is 10.5. The van der Waals surface area contributed by atoms with Gasteiger partial charge in [-0.05, 0) is 57.9 Å². The Morgan fingerprint density at radius 1 is 0.754 bits per heavy atom. The van der Waals surface area contributed by atoms with Crippen molar-refractivity contribution in [3.8, 4) is 45.3 Å². The van der Waals surface area contributed by atoms with Crippen LogP contribution < -0.4 is 4.74 Å². The van der Waals surface area contributed by atoms with Gasteiger partial charge in [-0.15, -0.1) is 0 Å². The van der Waals surface area contributed by atoms with Gasteiger partial charge in [0.1, 0.15) is 11.6 Å². The molecule has 278 valence electrons. The number of ether oxygens (including phenoxy) is 1. The second-order valence-corrected chi connectivity index (χ2v) is 16.9. The van der Waals surface area contributed by atoms with Crippen LogP contribution in [0.5, 0.6) is 5.75 Å². The normalized spacial score (nSPS) is 20.1. The standard InChI is InChI=1S/C53H45N3O/c1-32-29-36(37-23-25-44-49(33(37)2)50-40(24-26-47-41(50)27-28-57-47)38-19-11-13-21-43(38)53(44,3)4)30-42-39-20-12-14-22-46(39)56(51(32)42)48-31-45(34-15-7-5-8-16-34)54-52(55-48)35-17-9-6-10-18-35/h5-26,30-33,37H,27-29H2,1-4H3. The molecular weight excluding hydrogens is 695 g/mol. The fourth-order valence-electron chi connectivity index (χ4n) is 10.6. The van der Waals surface area contributed by atoms with Crippen LogP contribution in [-0.4, -0.2) is 21.1 Å². The zero-order chi connectivity index (χ0) is 38.4. The molecule has 0 saturated heterocycles. The summed E-state index contributed by atoms with van der Waals surface area (Å²) < 4.78 is 8.66. The van der Waals surface area contributed by atoms with E-state index in [4.69, 9.17) is 14.7 Å². The SMILES string of the molecule is CC1CC(C2C=CC3=C(c4c(ccc5c4CCO5)-c4ccccc4C3(C)C)C2C)=Cc2c1n(-c1cc(-c3ccccc3)nc(-c3ccccc3)n1)c1ccccc21. The molecular formula is C53H45N3O. The summed E-state index contributed by atoms with van der Waals surface area (Å²) in [6.07, 6.45) is 9.48. The van der Waals surface area contributed by atoms with Crippen LogP contribution in [-0.2, 0) is 11.8 Å². The Bertz CT molecular complexity index is 2800. The zero-order valence-corrected chi connectivity index (χ0v) is 33.0. The van der Waals surface area contributed by atoms with Gasteiger partial charge in [0.05, 0.1) is 17.8 Å². The van der Waals surface area contributed by atoms with Crippen molar-refractivity contribution in [2.45, 2.75) is 51.9 Å². The minimum absolute atomic E-state index is 0.156. The van der Waals surface area contributed by atoms with E-state index < -0.39 is 0 Å². The molecule has 0 spiro atoms. The number of allylic oxidation sites excluding steroid dienone is 5. The Hall–Kier alpha value is -6.26. The maximum atomic E-state index is 6.24. The highest BCUT2D eigenvalue weighted by Gasteiger charge is 2.42. The van der Waals surface area contributed by atoms with Crippen LogP contribution >= 0.6 is 0 Å². The van der Waals surface area contributed by atoms with Gasteiger partial charge in [0, 0.05) is 63.1 Å². The van der Waals surface area contributed by atoms with Crippen molar-refractivity contribution in [1.82, 2.24) is 14.5 Å². The lowest BCUT2D eigenvalue weighted by molar-refractivity contribution is 0.357. The van der Waals surface area contributed by atoms with Gasteiger partial charge in [0.25, 0.3) is 0 Å². The van der Waals surface area contributed by atoms with Gasteiger partial charge in [-0.1, -0.05) is 161 Å². The lowest BCUT2D eigenvalue weighted by Gasteiger charge is -2.38. The van der Waals surface area contributed by atoms with Crippen LogP contribution in [0.25, 0.3) is 62.1 Å². The smallest absolute Gasteiger partial charge is 0.162 e. The van der Waals surface area contributed by atoms with Crippen LogP contribution in [0.2, 0.25) is 0 Å². The van der Waals surface area contributed by atoms with Gasteiger partial charge in [0.2, 0.25) is 0 Å². The number of aromatic nitrogens is 3. The molecule has 2 aromatic heterocycles. The molecule has 0 N–H and O–H groups in total. The number of rotatable bonds is 4. The fourth-order valence-corrected chi connectivity index (χ4v) is 10.6. The Balaban J connectivity index is 1.08. The van der Waals surface area contributed by atoms with E-state index in [0.29, 0.717) is 0 Å². The number of fused-ring (bicyclic) bond motifs is 9. The minimum Gasteiger partial charge on any atom is -0.493 e. The van der Waals surface area contributed by atoms with Crippen molar-refractivity contribution in [2.24, 2.45) is 11.8 Å². The third-order valence-electron chi connectivity index (χ3n) is 13.2. The maximum Gasteiger partial charge on any atom is 0.162 e. The van der Waals surface area contributed by atoms with Gasteiger partial charge < -0.3 is 4.74 Å². The first-order valence-corrected chi connectivity index (χ1v) is 20.5. The Morgan fingerprint density at radius 3 is 2.32 bits per heavy atom. The highest BCUT2D eigenvalue weighted by atomic mass is 16.5. The molecule has 5 aromatic carbocycles.